The molecule has 1 aliphatic rings. The number of aryl methyl sites for hydroxylation is 2. The number of hydrogen-bond donors (Lipinski definition) is 2. The van der Waals surface area contributed by atoms with E-state index in [0.29, 0.717) is 11.4 Å². The van der Waals surface area contributed by atoms with Crippen LogP contribution in [0.15, 0.2) is 11.0 Å². The van der Waals surface area contributed by atoms with Gasteiger partial charge >= 0.3 is 0 Å². The summed E-state index contributed by atoms with van der Waals surface area (Å²) >= 11 is 1.52. The van der Waals surface area contributed by atoms with Crippen molar-refractivity contribution in [1.82, 2.24) is 14.9 Å². The highest BCUT2D eigenvalue weighted by Crippen LogP contribution is 2.24. The third-order valence-electron chi connectivity index (χ3n) is 3.44. The van der Waals surface area contributed by atoms with Gasteiger partial charge in [-0.2, -0.15) is 0 Å². The maximum Gasteiger partial charge on any atom is 0.241 e. The quantitative estimate of drug-likeness (QED) is 0.727. The Morgan fingerprint density at radius 1 is 1.27 bits per heavy atom. The lowest BCUT2D eigenvalue weighted by Gasteiger charge is -2.27. The number of thiophene rings is 1. The molecule has 1 fully saturated rings. The summed E-state index contributed by atoms with van der Waals surface area (Å²) in [4.78, 5) is 4.69. The van der Waals surface area contributed by atoms with Crippen LogP contribution in [0.3, 0.4) is 0 Å². The fourth-order valence-electron chi connectivity index (χ4n) is 2.40. The van der Waals surface area contributed by atoms with E-state index < -0.39 is 10.0 Å². The number of nitrogens with one attached hydrogen (secondary N) is 2. The smallest absolute Gasteiger partial charge is 0.241 e. The number of rotatable bonds is 6. The predicted molar refractivity (Wildman–Crippen MR) is 97.4 cm³/mol. The standard InChI is InChI=1S/C13H23N3O2S2.2ClH/c1-11-10-13(12(2)19-11)20(17,18)15-4-3-7-16-8-5-14-6-9-16;;/h10,14-15H,3-9H2,1-2H3;2*1H. The molecule has 1 aromatic heterocycles. The Bertz CT molecular complexity index is 543. The minimum Gasteiger partial charge on any atom is -0.314 e. The first-order chi connectivity index (χ1) is 9.49. The van der Waals surface area contributed by atoms with Gasteiger partial charge < -0.3 is 10.2 Å². The molecule has 130 valence electrons. The first-order valence-corrected chi connectivity index (χ1v) is 9.29. The van der Waals surface area contributed by atoms with Gasteiger partial charge in [0.1, 0.15) is 0 Å². The topological polar surface area (TPSA) is 61.4 Å². The zero-order chi connectivity index (χ0) is 14.6. The van der Waals surface area contributed by atoms with Crippen molar-refractivity contribution in [3.05, 3.63) is 15.8 Å². The van der Waals surface area contributed by atoms with Gasteiger partial charge in [0.05, 0.1) is 4.90 Å². The third kappa shape index (κ3) is 6.31. The van der Waals surface area contributed by atoms with E-state index >= 15 is 0 Å². The van der Waals surface area contributed by atoms with Crippen LogP contribution in [0.5, 0.6) is 0 Å². The summed E-state index contributed by atoms with van der Waals surface area (Å²) in [6, 6.07) is 1.75. The molecular weight excluding hydrogens is 365 g/mol. The Labute approximate surface area is 149 Å². The zero-order valence-electron chi connectivity index (χ0n) is 12.9. The molecule has 9 heteroatoms. The van der Waals surface area contributed by atoms with E-state index in [1.165, 1.54) is 11.3 Å². The first-order valence-electron chi connectivity index (χ1n) is 6.99. The van der Waals surface area contributed by atoms with E-state index in [2.05, 4.69) is 14.9 Å². The molecule has 0 radical (unpaired) electrons. The molecule has 0 atom stereocenters. The molecule has 0 saturated carbocycles. The molecule has 1 aliphatic heterocycles. The fourth-order valence-corrected chi connectivity index (χ4v) is 5.02. The van der Waals surface area contributed by atoms with Crippen LogP contribution in [-0.2, 0) is 10.0 Å². The Kier molecular flexibility index (Phi) is 10.1. The largest absolute Gasteiger partial charge is 0.314 e. The molecule has 5 nitrogen and oxygen atoms in total. The van der Waals surface area contributed by atoms with Crippen molar-refractivity contribution in [3.8, 4) is 0 Å². The van der Waals surface area contributed by atoms with E-state index in [-0.39, 0.29) is 24.8 Å². The maximum atomic E-state index is 12.2. The van der Waals surface area contributed by atoms with Crippen LogP contribution in [0, 0.1) is 13.8 Å². The molecule has 0 amide bonds. The minimum atomic E-state index is -3.34. The minimum absolute atomic E-state index is 0. The van der Waals surface area contributed by atoms with Crippen LogP contribution in [-0.4, -0.2) is 52.6 Å². The van der Waals surface area contributed by atoms with Crippen LogP contribution in [0.25, 0.3) is 0 Å². The molecule has 0 aliphatic carbocycles. The molecule has 2 heterocycles. The van der Waals surface area contributed by atoms with E-state index in [1.54, 1.807) is 6.07 Å². The lowest BCUT2D eigenvalue weighted by atomic mass is 10.3. The highest BCUT2D eigenvalue weighted by atomic mass is 35.5. The fraction of sp³-hybridized carbons (Fsp3) is 0.692. The van der Waals surface area contributed by atoms with Gasteiger partial charge in [-0.05, 0) is 32.9 Å². The number of sulfonamides is 1. The lowest BCUT2D eigenvalue weighted by molar-refractivity contribution is 0.239. The highest BCUT2D eigenvalue weighted by molar-refractivity contribution is 7.89. The number of nitrogens with zero attached hydrogens (tertiary/aromatic N) is 1. The van der Waals surface area contributed by atoms with Gasteiger partial charge in [0, 0.05) is 42.5 Å². The molecule has 2 N–H and O–H groups in total. The Morgan fingerprint density at radius 3 is 2.45 bits per heavy atom. The zero-order valence-corrected chi connectivity index (χ0v) is 16.2. The average molecular weight is 390 g/mol. The summed E-state index contributed by atoms with van der Waals surface area (Å²) < 4.78 is 27.1. The van der Waals surface area contributed by atoms with E-state index in [4.69, 9.17) is 0 Å². The van der Waals surface area contributed by atoms with Crippen molar-refractivity contribution < 1.29 is 8.42 Å². The van der Waals surface area contributed by atoms with E-state index in [1.807, 2.05) is 13.8 Å². The number of hydrogen-bond acceptors (Lipinski definition) is 5. The Balaban J connectivity index is 0.00000220. The summed E-state index contributed by atoms with van der Waals surface area (Å²) in [6.45, 7) is 9.39. The van der Waals surface area contributed by atoms with Gasteiger partial charge in [-0.3, -0.25) is 0 Å². The van der Waals surface area contributed by atoms with Crippen LogP contribution >= 0.6 is 36.2 Å². The SMILES string of the molecule is Cc1cc(S(=O)(=O)NCCCN2CCNCC2)c(C)s1.Cl.Cl. The van der Waals surface area contributed by atoms with Crippen LogP contribution < -0.4 is 10.0 Å². The highest BCUT2D eigenvalue weighted by Gasteiger charge is 2.18. The van der Waals surface area contributed by atoms with Crippen LogP contribution in [0.2, 0.25) is 0 Å². The molecule has 22 heavy (non-hydrogen) atoms. The molecule has 0 spiro atoms. The molecular formula is C13H25Cl2N3O2S2. The lowest BCUT2D eigenvalue weighted by Crippen LogP contribution is -2.44. The monoisotopic (exact) mass is 389 g/mol. The maximum absolute atomic E-state index is 12.2. The van der Waals surface area contributed by atoms with Crippen molar-refractivity contribution in [2.75, 3.05) is 39.3 Å². The second kappa shape index (κ2) is 10.1. The Hall–Kier alpha value is 0.110. The Morgan fingerprint density at radius 2 is 1.91 bits per heavy atom. The van der Waals surface area contributed by atoms with E-state index in [9.17, 15) is 8.42 Å². The molecule has 1 aromatic rings. The van der Waals surface area contributed by atoms with Gasteiger partial charge in [-0.25, -0.2) is 13.1 Å². The van der Waals surface area contributed by atoms with Crippen molar-refractivity contribution in [2.45, 2.75) is 25.2 Å². The molecule has 0 bridgehead atoms. The molecule has 0 unspecified atom stereocenters. The van der Waals surface area contributed by atoms with Crippen molar-refractivity contribution in [1.29, 1.82) is 0 Å². The van der Waals surface area contributed by atoms with Gasteiger partial charge in [0.25, 0.3) is 0 Å². The van der Waals surface area contributed by atoms with Crippen LogP contribution in [0.4, 0.5) is 0 Å². The van der Waals surface area contributed by atoms with Crippen molar-refractivity contribution in [3.63, 3.8) is 0 Å². The summed E-state index contributed by atoms with van der Waals surface area (Å²) in [5.74, 6) is 0. The van der Waals surface area contributed by atoms with Crippen molar-refractivity contribution >= 4 is 46.2 Å². The second-order valence-electron chi connectivity index (χ2n) is 5.12. The van der Waals surface area contributed by atoms with Gasteiger partial charge in [-0.15, -0.1) is 36.2 Å². The first kappa shape index (κ1) is 22.1. The summed E-state index contributed by atoms with van der Waals surface area (Å²) in [5.41, 5.74) is 0. The molecule has 2 rings (SSSR count). The summed E-state index contributed by atoms with van der Waals surface area (Å²) in [7, 11) is -3.34. The van der Waals surface area contributed by atoms with E-state index in [0.717, 1.165) is 48.9 Å². The summed E-state index contributed by atoms with van der Waals surface area (Å²) in [5, 5.41) is 3.31. The normalized spacial score (nSPS) is 15.9. The molecule has 0 aromatic carbocycles. The third-order valence-corrected chi connectivity index (χ3v) is 6.12. The van der Waals surface area contributed by atoms with Crippen LogP contribution in [0.1, 0.15) is 16.2 Å². The average Bonchev–Trinajstić information content (AvgIpc) is 2.76. The number of piperazine rings is 1. The summed E-state index contributed by atoms with van der Waals surface area (Å²) in [6.07, 6.45) is 0.849. The van der Waals surface area contributed by atoms with Gasteiger partial charge in [0.15, 0.2) is 0 Å². The van der Waals surface area contributed by atoms with Gasteiger partial charge in [0.2, 0.25) is 10.0 Å². The predicted octanol–water partition coefficient (Wildman–Crippen LogP) is 1.78. The second-order valence-corrected chi connectivity index (χ2v) is 8.32. The van der Waals surface area contributed by atoms with Crippen molar-refractivity contribution in [2.24, 2.45) is 0 Å². The van der Waals surface area contributed by atoms with Gasteiger partial charge in [-0.1, -0.05) is 0 Å². The number of halogens is 2. The molecule has 1 saturated heterocycles.